The number of carbonyl (C=O) groups is 2. The van der Waals surface area contributed by atoms with E-state index in [4.69, 9.17) is 0 Å². The molecule has 166 valence electrons. The highest BCUT2D eigenvalue weighted by atomic mass is 32.2. The maximum Gasteiger partial charge on any atom is 0.254 e. The van der Waals surface area contributed by atoms with E-state index >= 15 is 0 Å². The zero-order valence-corrected chi connectivity index (χ0v) is 18.0. The Morgan fingerprint density at radius 1 is 0.839 bits per heavy atom. The van der Waals surface area contributed by atoms with E-state index < -0.39 is 27.6 Å². The quantitative estimate of drug-likeness (QED) is 0.756. The number of benzene rings is 2. The second kappa shape index (κ2) is 9.11. The molecule has 1 heterocycles. The number of piperazine rings is 1. The number of amides is 2. The molecule has 2 aromatic rings. The number of halogens is 2. The molecule has 0 atom stereocenters. The van der Waals surface area contributed by atoms with Gasteiger partial charge < -0.3 is 9.80 Å². The summed E-state index contributed by atoms with van der Waals surface area (Å²) >= 11 is 0. The zero-order valence-electron chi connectivity index (χ0n) is 17.1. The van der Waals surface area contributed by atoms with E-state index in [0.717, 1.165) is 12.1 Å². The third-order valence-corrected chi connectivity index (χ3v) is 6.50. The predicted molar refractivity (Wildman–Crippen MR) is 110 cm³/mol. The van der Waals surface area contributed by atoms with Crippen molar-refractivity contribution in [2.75, 3.05) is 26.2 Å². The molecule has 0 spiro atoms. The lowest BCUT2D eigenvalue weighted by Gasteiger charge is -2.35. The molecular weight excluding hydrogens is 428 g/mol. The molecule has 0 bridgehead atoms. The number of rotatable bonds is 5. The van der Waals surface area contributed by atoms with Gasteiger partial charge in [-0.3, -0.25) is 9.59 Å². The van der Waals surface area contributed by atoms with Gasteiger partial charge in [-0.1, -0.05) is 0 Å². The van der Waals surface area contributed by atoms with Crippen LogP contribution in [0.3, 0.4) is 0 Å². The van der Waals surface area contributed by atoms with Gasteiger partial charge >= 0.3 is 0 Å². The first-order chi connectivity index (χ1) is 14.6. The van der Waals surface area contributed by atoms with Crippen molar-refractivity contribution in [3.8, 4) is 0 Å². The summed E-state index contributed by atoms with van der Waals surface area (Å²) < 4.78 is 53.3. The molecule has 10 heteroatoms. The topological polar surface area (TPSA) is 86.8 Å². The Bertz CT molecular complexity index is 1080. The van der Waals surface area contributed by atoms with Crippen LogP contribution < -0.4 is 4.72 Å². The van der Waals surface area contributed by atoms with Crippen molar-refractivity contribution in [3.63, 3.8) is 0 Å². The van der Waals surface area contributed by atoms with Crippen LogP contribution in [0.1, 0.15) is 34.6 Å². The van der Waals surface area contributed by atoms with Crippen molar-refractivity contribution >= 4 is 21.8 Å². The minimum Gasteiger partial charge on any atom is -0.335 e. The van der Waals surface area contributed by atoms with E-state index in [1.54, 1.807) is 18.7 Å². The van der Waals surface area contributed by atoms with Crippen molar-refractivity contribution in [3.05, 3.63) is 65.2 Å². The Morgan fingerprint density at radius 3 is 1.81 bits per heavy atom. The lowest BCUT2D eigenvalue weighted by Crippen LogP contribution is -2.50. The number of hydrogen-bond acceptors (Lipinski definition) is 4. The Hall–Kier alpha value is -2.85. The molecule has 0 radical (unpaired) electrons. The lowest BCUT2D eigenvalue weighted by atomic mass is 10.1. The van der Waals surface area contributed by atoms with E-state index in [1.165, 1.54) is 35.2 Å². The second-order valence-corrected chi connectivity index (χ2v) is 9.23. The van der Waals surface area contributed by atoms with E-state index in [-0.39, 0.29) is 48.6 Å². The maximum atomic E-state index is 13.4. The van der Waals surface area contributed by atoms with Gasteiger partial charge in [0.05, 0.1) is 4.90 Å². The minimum absolute atomic E-state index is 0.0467. The summed E-state index contributed by atoms with van der Waals surface area (Å²) in [5, 5.41) is 0. The van der Waals surface area contributed by atoms with E-state index in [9.17, 15) is 26.8 Å². The van der Waals surface area contributed by atoms with Gasteiger partial charge in [0.25, 0.3) is 11.8 Å². The van der Waals surface area contributed by atoms with Crippen molar-refractivity contribution in [2.45, 2.75) is 24.8 Å². The Balaban J connectivity index is 1.62. The summed E-state index contributed by atoms with van der Waals surface area (Å²) in [5.74, 6) is -2.82. The van der Waals surface area contributed by atoms with Crippen LogP contribution in [0, 0.1) is 11.6 Å². The average Bonchev–Trinajstić information content (AvgIpc) is 2.74. The molecule has 1 aliphatic rings. The summed E-state index contributed by atoms with van der Waals surface area (Å²) in [6.07, 6.45) is 0. The van der Waals surface area contributed by atoms with Gasteiger partial charge in [-0.15, -0.1) is 0 Å². The standard InChI is InChI=1S/C21H23F2N3O4S/c1-14(2)24-31(29,30)17-6-3-15(4-7-17)20(27)25-9-11-26(12-10-25)21(28)16-5-8-18(22)19(23)13-16/h3-8,13-14,24H,9-12H2,1-2H3. The molecule has 2 aromatic carbocycles. The van der Waals surface area contributed by atoms with Gasteiger partial charge in [-0.2, -0.15) is 0 Å². The number of carbonyl (C=O) groups excluding carboxylic acids is 2. The maximum absolute atomic E-state index is 13.4. The van der Waals surface area contributed by atoms with E-state index in [0.29, 0.717) is 5.56 Å². The minimum atomic E-state index is -3.65. The summed E-state index contributed by atoms with van der Waals surface area (Å²) in [6, 6.07) is 8.40. The van der Waals surface area contributed by atoms with E-state index in [2.05, 4.69) is 4.72 Å². The summed E-state index contributed by atoms with van der Waals surface area (Å²) in [4.78, 5) is 28.3. The second-order valence-electron chi connectivity index (χ2n) is 7.51. The number of nitrogens with one attached hydrogen (secondary N) is 1. The molecule has 1 fully saturated rings. The van der Waals surface area contributed by atoms with Crippen LogP contribution >= 0.6 is 0 Å². The molecular formula is C21H23F2N3O4S. The van der Waals surface area contributed by atoms with Gasteiger partial charge in [-0.25, -0.2) is 21.9 Å². The first-order valence-corrected chi connectivity index (χ1v) is 11.2. The number of sulfonamides is 1. The van der Waals surface area contributed by atoms with Crippen molar-refractivity contribution in [1.82, 2.24) is 14.5 Å². The molecule has 1 N–H and O–H groups in total. The largest absolute Gasteiger partial charge is 0.335 e. The molecule has 0 aliphatic carbocycles. The Morgan fingerprint density at radius 2 is 1.32 bits per heavy atom. The summed E-state index contributed by atoms with van der Waals surface area (Å²) in [6.45, 7) is 4.45. The smallest absolute Gasteiger partial charge is 0.254 e. The number of hydrogen-bond donors (Lipinski definition) is 1. The normalized spacial score (nSPS) is 14.7. The van der Waals surface area contributed by atoms with Crippen LogP contribution in [-0.2, 0) is 10.0 Å². The molecule has 31 heavy (non-hydrogen) atoms. The van der Waals surface area contributed by atoms with Gasteiger partial charge in [0.15, 0.2) is 11.6 Å². The fraction of sp³-hybridized carbons (Fsp3) is 0.333. The fourth-order valence-corrected chi connectivity index (χ4v) is 4.51. The van der Waals surface area contributed by atoms with Crippen molar-refractivity contribution in [1.29, 1.82) is 0 Å². The average molecular weight is 451 g/mol. The molecule has 3 rings (SSSR count). The van der Waals surface area contributed by atoms with Crippen molar-refractivity contribution in [2.24, 2.45) is 0 Å². The van der Waals surface area contributed by atoms with E-state index in [1.807, 2.05) is 0 Å². The first kappa shape index (κ1) is 22.8. The third-order valence-electron chi connectivity index (χ3n) is 4.82. The Kier molecular flexibility index (Phi) is 6.71. The highest BCUT2D eigenvalue weighted by molar-refractivity contribution is 7.89. The van der Waals surface area contributed by atoms with Crippen molar-refractivity contribution < 1.29 is 26.8 Å². The van der Waals surface area contributed by atoms with Crippen LogP contribution in [0.15, 0.2) is 47.4 Å². The van der Waals surface area contributed by atoms with Gasteiger partial charge in [-0.05, 0) is 56.3 Å². The van der Waals surface area contributed by atoms with Crippen LogP contribution in [0.25, 0.3) is 0 Å². The SMILES string of the molecule is CC(C)NS(=O)(=O)c1ccc(C(=O)N2CCN(C(=O)c3ccc(F)c(F)c3)CC2)cc1. The first-order valence-electron chi connectivity index (χ1n) is 9.74. The molecule has 2 amide bonds. The Labute approximate surface area is 179 Å². The summed E-state index contributed by atoms with van der Waals surface area (Å²) in [7, 11) is -3.65. The summed E-state index contributed by atoms with van der Waals surface area (Å²) in [5.41, 5.74) is 0.384. The molecule has 1 saturated heterocycles. The fourth-order valence-electron chi connectivity index (χ4n) is 3.26. The predicted octanol–water partition coefficient (Wildman–Crippen LogP) is 2.25. The van der Waals surface area contributed by atoms with Crippen LogP contribution in [-0.4, -0.2) is 62.3 Å². The third kappa shape index (κ3) is 5.26. The molecule has 7 nitrogen and oxygen atoms in total. The highest BCUT2D eigenvalue weighted by Gasteiger charge is 2.26. The molecule has 0 unspecified atom stereocenters. The molecule has 1 aliphatic heterocycles. The van der Waals surface area contributed by atoms with Crippen LogP contribution in [0.4, 0.5) is 8.78 Å². The molecule has 0 aromatic heterocycles. The number of nitrogens with zero attached hydrogens (tertiary/aromatic N) is 2. The van der Waals surface area contributed by atoms with Gasteiger partial charge in [0.2, 0.25) is 10.0 Å². The zero-order chi connectivity index (χ0) is 22.8. The van der Waals surface area contributed by atoms with Gasteiger partial charge in [0.1, 0.15) is 0 Å². The highest BCUT2D eigenvalue weighted by Crippen LogP contribution is 2.16. The van der Waals surface area contributed by atoms with Gasteiger partial charge in [0, 0.05) is 43.3 Å². The van der Waals surface area contributed by atoms with Crippen LogP contribution in [0.2, 0.25) is 0 Å². The van der Waals surface area contributed by atoms with Crippen LogP contribution in [0.5, 0.6) is 0 Å². The lowest BCUT2D eigenvalue weighted by molar-refractivity contribution is 0.0535. The monoisotopic (exact) mass is 451 g/mol. The molecule has 0 saturated carbocycles.